The molecule has 0 saturated heterocycles. The molecule has 0 fully saturated rings. The van der Waals surface area contributed by atoms with Crippen molar-refractivity contribution in [2.24, 2.45) is 5.41 Å². The monoisotopic (exact) mass is 282 g/mol. The van der Waals surface area contributed by atoms with E-state index in [1.54, 1.807) is 0 Å². The Morgan fingerprint density at radius 1 is 1.15 bits per heavy atom. The Kier molecular flexibility index (Phi) is 6.14. The summed E-state index contributed by atoms with van der Waals surface area (Å²) in [6.07, 6.45) is 3.05. The molecule has 116 valence electrons. The molecule has 0 aromatic carbocycles. The van der Waals surface area contributed by atoms with Crippen molar-refractivity contribution >= 4 is 0 Å². The van der Waals surface area contributed by atoms with E-state index in [9.17, 15) is 0 Å². The van der Waals surface area contributed by atoms with E-state index in [0.29, 0.717) is 12.0 Å². The summed E-state index contributed by atoms with van der Waals surface area (Å²) in [5.41, 5.74) is 1.40. The summed E-state index contributed by atoms with van der Waals surface area (Å²) in [6.45, 7) is 16.1. The van der Waals surface area contributed by atoms with Crippen LogP contribution in [0.25, 0.3) is 0 Å². The smallest absolute Gasteiger partial charge is 0.0965 e. The van der Waals surface area contributed by atoms with Gasteiger partial charge in [0, 0.05) is 24.9 Å². The molecule has 0 unspecified atom stereocenters. The quantitative estimate of drug-likeness (QED) is 0.781. The number of hydrogen-bond acceptors (Lipinski definition) is 4. The number of ether oxygens (including phenoxy) is 1. The van der Waals surface area contributed by atoms with Crippen LogP contribution in [-0.2, 0) is 17.8 Å². The largest absolute Gasteiger partial charge is 0.380 e. The second kappa shape index (κ2) is 7.18. The average molecular weight is 282 g/mol. The van der Waals surface area contributed by atoms with Crippen LogP contribution in [0.3, 0.4) is 0 Å². The third kappa shape index (κ3) is 8.27. The second-order valence-electron chi connectivity index (χ2n) is 7.50. The van der Waals surface area contributed by atoms with Gasteiger partial charge < -0.3 is 10.1 Å². The van der Waals surface area contributed by atoms with Gasteiger partial charge in [0.2, 0.25) is 0 Å². The third-order valence-electron chi connectivity index (χ3n) is 2.85. The Morgan fingerprint density at radius 2 is 1.85 bits per heavy atom. The van der Waals surface area contributed by atoms with E-state index < -0.39 is 0 Å². The van der Waals surface area contributed by atoms with Crippen LogP contribution in [0.2, 0.25) is 0 Å². The summed E-state index contributed by atoms with van der Waals surface area (Å²) in [6, 6.07) is 0. The van der Waals surface area contributed by atoms with Crippen LogP contribution in [-0.4, -0.2) is 33.7 Å². The molecule has 1 aromatic heterocycles. The van der Waals surface area contributed by atoms with Gasteiger partial charge in [-0.2, -0.15) is 0 Å². The van der Waals surface area contributed by atoms with E-state index in [-0.39, 0.29) is 5.54 Å². The minimum Gasteiger partial charge on any atom is -0.380 e. The maximum atomic E-state index is 5.63. The Morgan fingerprint density at radius 3 is 2.45 bits per heavy atom. The van der Waals surface area contributed by atoms with Gasteiger partial charge in [0.25, 0.3) is 0 Å². The van der Waals surface area contributed by atoms with Gasteiger partial charge in [-0.05, 0) is 32.6 Å². The number of nitrogens with zero attached hydrogens (tertiary/aromatic N) is 3. The zero-order chi connectivity index (χ0) is 15.2. The van der Waals surface area contributed by atoms with Crippen LogP contribution in [0.4, 0.5) is 0 Å². The molecule has 0 aliphatic carbocycles. The number of hydrogen-bond donors (Lipinski definition) is 1. The first-order valence-electron chi connectivity index (χ1n) is 7.37. The zero-order valence-electron chi connectivity index (χ0n) is 13.9. The minimum absolute atomic E-state index is 0.0971. The first kappa shape index (κ1) is 17.1. The van der Waals surface area contributed by atoms with Gasteiger partial charge in [0.1, 0.15) is 0 Å². The van der Waals surface area contributed by atoms with E-state index in [1.807, 2.05) is 10.9 Å². The standard InChI is InChI=1S/C15H30N4O/c1-14(2,3)7-9-20-10-8-19-12-13(17-18-19)11-16-15(4,5)6/h12,16H,7-11H2,1-6H3. The fourth-order valence-corrected chi connectivity index (χ4v) is 1.52. The highest BCUT2D eigenvalue weighted by molar-refractivity contribution is 4.92. The molecule has 1 heterocycles. The summed E-state index contributed by atoms with van der Waals surface area (Å²) in [5, 5.41) is 11.7. The van der Waals surface area contributed by atoms with Gasteiger partial charge in [-0.25, -0.2) is 4.68 Å². The van der Waals surface area contributed by atoms with Gasteiger partial charge in [-0.3, -0.25) is 0 Å². The molecular weight excluding hydrogens is 252 g/mol. The van der Waals surface area contributed by atoms with E-state index in [1.165, 1.54) is 0 Å². The van der Waals surface area contributed by atoms with Crippen molar-refractivity contribution in [1.29, 1.82) is 0 Å². The minimum atomic E-state index is 0.0971. The van der Waals surface area contributed by atoms with E-state index in [0.717, 1.165) is 31.8 Å². The van der Waals surface area contributed by atoms with Crippen LogP contribution < -0.4 is 5.32 Å². The van der Waals surface area contributed by atoms with Crippen LogP contribution in [0.5, 0.6) is 0 Å². The Hall–Kier alpha value is -0.940. The third-order valence-corrected chi connectivity index (χ3v) is 2.85. The van der Waals surface area contributed by atoms with Crippen LogP contribution >= 0.6 is 0 Å². The highest BCUT2D eigenvalue weighted by atomic mass is 16.5. The summed E-state index contributed by atoms with van der Waals surface area (Å²) < 4.78 is 7.48. The Bertz CT molecular complexity index is 387. The SMILES string of the molecule is CC(C)(C)CCOCCn1cc(CNC(C)(C)C)nn1. The predicted molar refractivity (Wildman–Crippen MR) is 81.5 cm³/mol. The molecule has 1 N–H and O–H groups in total. The lowest BCUT2D eigenvalue weighted by Crippen LogP contribution is -2.35. The Balaban J connectivity index is 2.20. The molecule has 0 bridgehead atoms. The van der Waals surface area contributed by atoms with Gasteiger partial charge in [-0.1, -0.05) is 26.0 Å². The highest BCUT2D eigenvalue weighted by Crippen LogP contribution is 2.17. The summed E-state index contributed by atoms with van der Waals surface area (Å²) in [4.78, 5) is 0. The van der Waals surface area contributed by atoms with Crippen LogP contribution in [0.1, 0.15) is 53.7 Å². The molecule has 20 heavy (non-hydrogen) atoms. The molecule has 0 atom stereocenters. The zero-order valence-corrected chi connectivity index (χ0v) is 13.9. The summed E-state index contributed by atoms with van der Waals surface area (Å²) in [7, 11) is 0. The van der Waals surface area contributed by atoms with Crippen molar-refractivity contribution in [3.8, 4) is 0 Å². The molecule has 1 aromatic rings. The number of aromatic nitrogens is 3. The fraction of sp³-hybridized carbons (Fsp3) is 0.867. The molecule has 0 radical (unpaired) electrons. The lowest BCUT2D eigenvalue weighted by molar-refractivity contribution is 0.0996. The molecule has 0 amide bonds. The second-order valence-corrected chi connectivity index (χ2v) is 7.50. The topological polar surface area (TPSA) is 52.0 Å². The van der Waals surface area contributed by atoms with Crippen molar-refractivity contribution in [2.75, 3.05) is 13.2 Å². The Labute approximate surface area is 123 Å². The molecule has 1 rings (SSSR count). The van der Waals surface area contributed by atoms with Gasteiger partial charge in [0.15, 0.2) is 0 Å². The van der Waals surface area contributed by atoms with E-state index >= 15 is 0 Å². The molecule has 0 saturated carbocycles. The molecule has 0 spiro atoms. The molecule has 5 heteroatoms. The predicted octanol–water partition coefficient (Wildman–Crippen LogP) is 2.62. The molecule has 0 aliphatic rings. The molecular formula is C15H30N4O. The first-order valence-corrected chi connectivity index (χ1v) is 7.37. The summed E-state index contributed by atoms with van der Waals surface area (Å²) in [5.74, 6) is 0. The average Bonchev–Trinajstić information content (AvgIpc) is 2.71. The summed E-state index contributed by atoms with van der Waals surface area (Å²) >= 11 is 0. The van der Waals surface area contributed by atoms with Crippen molar-refractivity contribution in [3.63, 3.8) is 0 Å². The first-order chi connectivity index (χ1) is 9.16. The lowest BCUT2D eigenvalue weighted by atomic mass is 9.93. The fourth-order valence-electron chi connectivity index (χ4n) is 1.52. The van der Waals surface area contributed by atoms with Crippen molar-refractivity contribution < 1.29 is 4.74 Å². The van der Waals surface area contributed by atoms with Gasteiger partial charge >= 0.3 is 0 Å². The van der Waals surface area contributed by atoms with Crippen molar-refractivity contribution in [2.45, 2.75) is 66.6 Å². The molecule has 0 aliphatic heterocycles. The maximum Gasteiger partial charge on any atom is 0.0965 e. The van der Waals surface area contributed by atoms with Crippen molar-refractivity contribution in [1.82, 2.24) is 20.3 Å². The van der Waals surface area contributed by atoms with Crippen LogP contribution in [0, 0.1) is 5.41 Å². The normalized spacial score (nSPS) is 12.9. The highest BCUT2D eigenvalue weighted by Gasteiger charge is 2.11. The van der Waals surface area contributed by atoms with Gasteiger partial charge in [-0.15, -0.1) is 5.10 Å². The number of rotatable bonds is 7. The van der Waals surface area contributed by atoms with Crippen LogP contribution in [0.15, 0.2) is 6.20 Å². The maximum absolute atomic E-state index is 5.63. The van der Waals surface area contributed by atoms with Gasteiger partial charge in [0.05, 0.1) is 18.8 Å². The lowest BCUT2D eigenvalue weighted by Gasteiger charge is -2.19. The van der Waals surface area contributed by atoms with E-state index in [4.69, 9.17) is 4.74 Å². The molecule has 5 nitrogen and oxygen atoms in total. The number of nitrogens with one attached hydrogen (secondary N) is 1. The van der Waals surface area contributed by atoms with E-state index in [2.05, 4.69) is 57.2 Å². The van der Waals surface area contributed by atoms with Crippen molar-refractivity contribution in [3.05, 3.63) is 11.9 Å².